The van der Waals surface area contributed by atoms with Crippen molar-refractivity contribution in [3.05, 3.63) is 0 Å². The third kappa shape index (κ3) is 16.9. The summed E-state index contributed by atoms with van der Waals surface area (Å²) in [5.41, 5.74) is 10.7. The molecule has 0 aliphatic rings. The molecule has 0 aromatic rings. The third-order valence-corrected chi connectivity index (χ3v) is 5.03. The highest BCUT2D eigenvalue weighted by Gasteiger charge is 2.19. The molecule has 0 aliphatic heterocycles. The number of ketones is 1. The van der Waals surface area contributed by atoms with Gasteiger partial charge in [-0.2, -0.15) is 0 Å². The molecule has 0 heterocycles. The molecule has 27 heavy (non-hydrogen) atoms. The minimum Gasteiger partial charge on any atom is -0.453 e. The fraction of sp³-hybridized carbons (Fsp3) is 0.909. The number of hydrogen-bond acceptors (Lipinski definition) is 5. The summed E-state index contributed by atoms with van der Waals surface area (Å²) in [4.78, 5) is 23.1. The zero-order chi connectivity index (χ0) is 20.2. The standard InChI is InChI=1S/C22H44N2O3/c1-2-3-4-5-6-7-8-9-10-11-12-13-14-15-16-17-22(26)27-21(19-24)20(25)18-23/h21H,2-19,23-24H2,1H3. The molecule has 0 fully saturated rings. The lowest BCUT2D eigenvalue weighted by atomic mass is 10.0. The molecule has 0 aromatic heterocycles. The van der Waals surface area contributed by atoms with E-state index in [2.05, 4.69) is 6.92 Å². The highest BCUT2D eigenvalue weighted by Crippen LogP contribution is 2.14. The van der Waals surface area contributed by atoms with Crippen molar-refractivity contribution in [1.29, 1.82) is 0 Å². The van der Waals surface area contributed by atoms with Crippen LogP contribution in [0.4, 0.5) is 0 Å². The van der Waals surface area contributed by atoms with Gasteiger partial charge in [0.25, 0.3) is 0 Å². The molecule has 0 aliphatic carbocycles. The summed E-state index contributed by atoms with van der Waals surface area (Å²) in [6.45, 7) is 2.12. The molecule has 0 spiro atoms. The van der Waals surface area contributed by atoms with Gasteiger partial charge in [-0.15, -0.1) is 0 Å². The van der Waals surface area contributed by atoms with Crippen LogP contribution in [0.5, 0.6) is 0 Å². The summed E-state index contributed by atoms with van der Waals surface area (Å²) in [5, 5.41) is 0. The summed E-state index contributed by atoms with van der Waals surface area (Å²) < 4.78 is 5.08. The molecule has 0 saturated carbocycles. The van der Waals surface area contributed by atoms with Gasteiger partial charge in [-0.3, -0.25) is 9.59 Å². The lowest BCUT2D eigenvalue weighted by Gasteiger charge is -2.13. The quantitative estimate of drug-likeness (QED) is 0.235. The van der Waals surface area contributed by atoms with Gasteiger partial charge in [-0.1, -0.05) is 96.8 Å². The van der Waals surface area contributed by atoms with E-state index in [4.69, 9.17) is 16.2 Å². The summed E-state index contributed by atoms with van der Waals surface area (Å²) in [7, 11) is 0. The van der Waals surface area contributed by atoms with Crippen LogP contribution in [-0.2, 0) is 14.3 Å². The Bertz CT molecular complexity index is 361. The van der Waals surface area contributed by atoms with E-state index in [0.717, 1.165) is 19.3 Å². The number of unbranched alkanes of at least 4 members (excludes halogenated alkanes) is 14. The van der Waals surface area contributed by atoms with Crippen molar-refractivity contribution < 1.29 is 14.3 Å². The Morgan fingerprint density at radius 1 is 0.704 bits per heavy atom. The van der Waals surface area contributed by atoms with Crippen LogP contribution in [0.15, 0.2) is 0 Å². The molecular weight excluding hydrogens is 340 g/mol. The lowest BCUT2D eigenvalue weighted by molar-refractivity contribution is -0.154. The lowest BCUT2D eigenvalue weighted by Crippen LogP contribution is -2.38. The highest BCUT2D eigenvalue weighted by molar-refractivity contribution is 5.87. The first-order valence-corrected chi connectivity index (χ1v) is 11.3. The Morgan fingerprint density at radius 3 is 1.48 bits per heavy atom. The zero-order valence-corrected chi connectivity index (χ0v) is 17.7. The molecule has 5 heteroatoms. The summed E-state index contributed by atoms with van der Waals surface area (Å²) in [6.07, 6.45) is 18.8. The van der Waals surface area contributed by atoms with E-state index in [1.807, 2.05) is 0 Å². The van der Waals surface area contributed by atoms with E-state index in [9.17, 15) is 9.59 Å². The van der Waals surface area contributed by atoms with Crippen molar-refractivity contribution in [3.63, 3.8) is 0 Å². The van der Waals surface area contributed by atoms with Crippen molar-refractivity contribution in [2.75, 3.05) is 13.1 Å². The monoisotopic (exact) mass is 384 g/mol. The smallest absolute Gasteiger partial charge is 0.306 e. The van der Waals surface area contributed by atoms with Crippen LogP contribution in [0.2, 0.25) is 0 Å². The average molecular weight is 385 g/mol. The maximum atomic E-state index is 11.7. The Labute approximate surface area is 167 Å². The maximum Gasteiger partial charge on any atom is 0.306 e. The predicted molar refractivity (Wildman–Crippen MR) is 113 cm³/mol. The second-order valence-corrected chi connectivity index (χ2v) is 7.58. The fourth-order valence-corrected chi connectivity index (χ4v) is 3.23. The summed E-state index contributed by atoms with van der Waals surface area (Å²) in [5.74, 6) is -0.663. The molecule has 4 N–H and O–H groups in total. The number of nitrogens with two attached hydrogens (primary N) is 2. The molecule has 0 rings (SSSR count). The largest absolute Gasteiger partial charge is 0.453 e. The van der Waals surface area contributed by atoms with Crippen molar-refractivity contribution in [2.24, 2.45) is 11.5 Å². The molecule has 0 aromatic carbocycles. The number of rotatable bonds is 20. The van der Waals surface area contributed by atoms with Crippen molar-refractivity contribution in [1.82, 2.24) is 0 Å². The van der Waals surface area contributed by atoms with Crippen molar-refractivity contribution >= 4 is 11.8 Å². The van der Waals surface area contributed by atoms with Crippen LogP contribution in [0.1, 0.15) is 110 Å². The number of carbonyl (C=O) groups excluding carboxylic acids is 2. The molecule has 0 amide bonds. The Kier molecular flexibility index (Phi) is 19.1. The number of esters is 1. The summed E-state index contributed by atoms with van der Waals surface area (Å²) in [6, 6.07) is 0. The number of Topliss-reactive ketones (excluding diaryl/α,β-unsaturated/α-hetero) is 1. The molecule has 1 unspecified atom stereocenters. The first kappa shape index (κ1) is 26.1. The predicted octanol–water partition coefficient (Wildman–Crippen LogP) is 4.65. The van der Waals surface area contributed by atoms with Gasteiger partial charge in [0.2, 0.25) is 0 Å². The molecular formula is C22H44N2O3. The van der Waals surface area contributed by atoms with Crippen LogP contribution < -0.4 is 11.5 Å². The van der Waals surface area contributed by atoms with Gasteiger partial charge in [0, 0.05) is 13.0 Å². The Morgan fingerprint density at radius 2 is 1.11 bits per heavy atom. The van der Waals surface area contributed by atoms with Gasteiger partial charge in [0.1, 0.15) is 0 Å². The van der Waals surface area contributed by atoms with E-state index < -0.39 is 6.10 Å². The van der Waals surface area contributed by atoms with Crippen LogP contribution in [0.3, 0.4) is 0 Å². The van der Waals surface area contributed by atoms with E-state index in [1.54, 1.807) is 0 Å². The Hall–Kier alpha value is -0.940. The van der Waals surface area contributed by atoms with Crippen molar-refractivity contribution in [2.45, 2.75) is 116 Å². The molecule has 1 atom stereocenters. The van der Waals surface area contributed by atoms with Gasteiger partial charge >= 0.3 is 5.97 Å². The number of hydrogen-bond donors (Lipinski definition) is 2. The fourth-order valence-electron chi connectivity index (χ4n) is 3.23. The third-order valence-electron chi connectivity index (χ3n) is 5.03. The van der Waals surface area contributed by atoms with E-state index in [-0.39, 0.29) is 24.8 Å². The van der Waals surface area contributed by atoms with Crippen molar-refractivity contribution in [3.8, 4) is 0 Å². The topological polar surface area (TPSA) is 95.4 Å². The van der Waals surface area contributed by atoms with Gasteiger partial charge in [-0.25, -0.2) is 0 Å². The first-order chi connectivity index (χ1) is 13.2. The van der Waals surface area contributed by atoms with Gasteiger partial charge in [0.15, 0.2) is 11.9 Å². The van der Waals surface area contributed by atoms with Gasteiger partial charge in [-0.05, 0) is 6.42 Å². The van der Waals surface area contributed by atoms with Crippen LogP contribution >= 0.6 is 0 Å². The van der Waals surface area contributed by atoms with E-state index in [0.29, 0.717) is 6.42 Å². The van der Waals surface area contributed by atoms with Crippen LogP contribution in [0.25, 0.3) is 0 Å². The Balaban J connectivity index is 3.33. The van der Waals surface area contributed by atoms with E-state index in [1.165, 1.54) is 77.0 Å². The second kappa shape index (κ2) is 19.8. The van der Waals surface area contributed by atoms with Crippen LogP contribution in [0, 0.1) is 0 Å². The number of ether oxygens (including phenoxy) is 1. The average Bonchev–Trinajstić information content (AvgIpc) is 2.68. The van der Waals surface area contributed by atoms with Gasteiger partial charge in [0.05, 0.1) is 6.54 Å². The minimum absolute atomic E-state index is 0.000625. The van der Waals surface area contributed by atoms with Crippen LogP contribution in [-0.4, -0.2) is 30.9 Å². The number of carbonyl (C=O) groups is 2. The molecule has 160 valence electrons. The minimum atomic E-state index is -0.876. The highest BCUT2D eigenvalue weighted by atomic mass is 16.5. The molecule has 0 bridgehead atoms. The molecule has 0 saturated heterocycles. The zero-order valence-electron chi connectivity index (χ0n) is 17.7. The molecule has 0 radical (unpaired) electrons. The first-order valence-electron chi connectivity index (χ1n) is 11.3. The normalized spacial score (nSPS) is 12.1. The van der Waals surface area contributed by atoms with E-state index >= 15 is 0 Å². The van der Waals surface area contributed by atoms with Gasteiger partial charge < -0.3 is 16.2 Å². The summed E-state index contributed by atoms with van der Waals surface area (Å²) >= 11 is 0. The molecule has 5 nitrogen and oxygen atoms in total. The SMILES string of the molecule is CCCCCCCCCCCCCCCCCC(=O)OC(CN)C(=O)CN. The second-order valence-electron chi connectivity index (χ2n) is 7.58. The maximum absolute atomic E-state index is 11.7.